The molecule has 0 heterocycles. The summed E-state index contributed by atoms with van der Waals surface area (Å²) in [6.45, 7) is 6.02. The van der Waals surface area contributed by atoms with Gasteiger partial charge in [-0.3, -0.25) is 4.52 Å². The van der Waals surface area contributed by atoms with Crippen molar-refractivity contribution >= 4 is 7.82 Å². The molecule has 5 heteroatoms. The number of rotatable bonds is 5. The van der Waals surface area contributed by atoms with Crippen LogP contribution in [0.3, 0.4) is 0 Å². The van der Waals surface area contributed by atoms with Gasteiger partial charge in [0.2, 0.25) is 0 Å². The summed E-state index contributed by atoms with van der Waals surface area (Å²) in [7, 11) is -4.29. The smallest absolute Gasteiger partial charge is 0.303 e. The van der Waals surface area contributed by atoms with Gasteiger partial charge in [0.05, 0.1) is 6.61 Å². The van der Waals surface area contributed by atoms with Crippen LogP contribution in [0.1, 0.15) is 33.6 Å². The lowest BCUT2D eigenvalue weighted by Gasteiger charge is -2.25. The van der Waals surface area contributed by atoms with Crippen LogP contribution in [-0.2, 0) is 9.09 Å². The molecule has 74 valence electrons. The van der Waals surface area contributed by atoms with E-state index in [1.54, 1.807) is 0 Å². The van der Waals surface area contributed by atoms with E-state index < -0.39 is 7.82 Å². The zero-order chi connectivity index (χ0) is 9.83. The third-order valence-corrected chi connectivity index (χ3v) is 2.75. The zero-order valence-corrected chi connectivity index (χ0v) is 8.67. The van der Waals surface area contributed by atoms with Gasteiger partial charge in [-0.15, -0.1) is 0 Å². The Morgan fingerprint density at radius 3 is 2.00 bits per heavy atom. The molecule has 0 saturated carbocycles. The summed E-state index contributed by atoms with van der Waals surface area (Å²) < 4.78 is 14.8. The molecule has 0 bridgehead atoms. The monoisotopic (exact) mass is 196 g/mol. The van der Waals surface area contributed by atoms with Gasteiger partial charge < -0.3 is 9.79 Å². The minimum absolute atomic E-state index is 0.115. The highest BCUT2D eigenvalue weighted by Crippen LogP contribution is 2.39. The maximum absolute atomic E-state index is 10.4. The van der Waals surface area contributed by atoms with E-state index in [1.165, 1.54) is 0 Å². The minimum atomic E-state index is -4.29. The Hall–Kier alpha value is 0.110. The van der Waals surface area contributed by atoms with Crippen molar-refractivity contribution in [3.8, 4) is 0 Å². The van der Waals surface area contributed by atoms with Crippen LogP contribution in [0.25, 0.3) is 0 Å². The normalized spacial score (nSPS) is 13.4. The van der Waals surface area contributed by atoms with Gasteiger partial charge in [-0.2, -0.15) is 0 Å². The Balaban J connectivity index is 3.98. The number of hydrogen-bond acceptors (Lipinski definition) is 2. The number of hydrogen-bond donors (Lipinski definition) is 2. The maximum atomic E-state index is 10.4. The molecular weight excluding hydrogens is 179 g/mol. The second kappa shape index (κ2) is 4.38. The van der Waals surface area contributed by atoms with Crippen molar-refractivity contribution in [1.82, 2.24) is 0 Å². The SMILES string of the molecule is CCC(C)(CC)COP(=O)(O)O. The van der Waals surface area contributed by atoms with Crippen LogP contribution in [-0.4, -0.2) is 16.4 Å². The fraction of sp³-hybridized carbons (Fsp3) is 1.00. The predicted octanol–water partition coefficient (Wildman–Crippen LogP) is 1.92. The second-order valence-electron chi connectivity index (χ2n) is 3.28. The summed E-state index contributed by atoms with van der Waals surface area (Å²) in [6, 6.07) is 0. The van der Waals surface area contributed by atoms with Crippen molar-refractivity contribution in [2.24, 2.45) is 5.41 Å². The van der Waals surface area contributed by atoms with Crippen LogP contribution in [0.15, 0.2) is 0 Å². The first kappa shape index (κ1) is 12.1. The van der Waals surface area contributed by atoms with E-state index in [4.69, 9.17) is 9.79 Å². The van der Waals surface area contributed by atoms with Gasteiger partial charge in [0.25, 0.3) is 0 Å². The van der Waals surface area contributed by atoms with Crippen molar-refractivity contribution in [3.63, 3.8) is 0 Å². The molecule has 0 radical (unpaired) electrons. The summed E-state index contributed by atoms with van der Waals surface area (Å²) in [6.07, 6.45) is 1.70. The first-order valence-corrected chi connectivity index (χ1v) is 5.56. The van der Waals surface area contributed by atoms with Crippen molar-refractivity contribution in [2.75, 3.05) is 6.61 Å². The van der Waals surface area contributed by atoms with Gasteiger partial charge in [-0.1, -0.05) is 20.8 Å². The van der Waals surface area contributed by atoms with Gasteiger partial charge in [0, 0.05) is 0 Å². The van der Waals surface area contributed by atoms with Crippen LogP contribution in [0.5, 0.6) is 0 Å². The van der Waals surface area contributed by atoms with Crippen molar-refractivity contribution < 1.29 is 18.9 Å². The van der Waals surface area contributed by atoms with Crippen molar-refractivity contribution in [1.29, 1.82) is 0 Å². The van der Waals surface area contributed by atoms with E-state index in [0.29, 0.717) is 0 Å². The van der Waals surface area contributed by atoms with Crippen LogP contribution >= 0.6 is 7.82 Å². The molecule has 12 heavy (non-hydrogen) atoms. The third-order valence-electron chi connectivity index (χ3n) is 2.29. The van der Waals surface area contributed by atoms with Crippen LogP contribution in [0.2, 0.25) is 0 Å². The molecule has 0 atom stereocenters. The van der Waals surface area contributed by atoms with E-state index in [1.807, 2.05) is 20.8 Å². The topological polar surface area (TPSA) is 66.8 Å². The molecule has 0 aromatic heterocycles. The van der Waals surface area contributed by atoms with Gasteiger partial charge in [-0.05, 0) is 18.3 Å². The molecule has 0 aliphatic rings. The molecule has 0 amide bonds. The zero-order valence-electron chi connectivity index (χ0n) is 7.78. The molecule has 0 aliphatic carbocycles. The summed E-state index contributed by atoms with van der Waals surface area (Å²) in [4.78, 5) is 16.9. The average Bonchev–Trinajstić information content (AvgIpc) is 1.99. The standard InChI is InChI=1S/C7H17O4P/c1-4-7(3,5-2)6-11-12(8,9)10/h4-6H2,1-3H3,(H2,8,9,10). The molecular formula is C7H17O4P. The molecule has 0 unspecified atom stereocenters. The van der Waals surface area contributed by atoms with Gasteiger partial charge in [0.1, 0.15) is 0 Å². The van der Waals surface area contributed by atoms with E-state index in [0.717, 1.165) is 12.8 Å². The lowest BCUT2D eigenvalue weighted by Crippen LogP contribution is -2.20. The lowest BCUT2D eigenvalue weighted by molar-refractivity contribution is 0.111. The molecule has 2 N–H and O–H groups in total. The second-order valence-corrected chi connectivity index (χ2v) is 4.52. The largest absolute Gasteiger partial charge is 0.469 e. The molecule has 0 fully saturated rings. The Bertz CT molecular complexity index is 170. The lowest BCUT2D eigenvalue weighted by atomic mass is 9.86. The Morgan fingerprint density at radius 2 is 1.75 bits per heavy atom. The summed E-state index contributed by atoms with van der Waals surface area (Å²) in [5, 5.41) is 0. The minimum Gasteiger partial charge on any atom is -0.303 e. The van der Waals surface area contributed by atoms with E-state index >= 15 is 0 Å². The molecule has 4 nitrogen and oxygen atoms in total. The maximum Gasteiger partial charge on any atom is 0.469 e. The molecule has 0 aromatic carbocycles. The van der Waals surface area contributed by atoms with E-state index in [-0.39, 0.29) is 12.0 Å². The van der Waals surface area contributed by atoms with Crippen LogP contribution < -0.4 is 0 Å². The first-order chi connectivity index (χ1) is 5.33. The molecule has 0 aromatic rings. The summed E-state index contributed by atoms with van der Waals surface area (Å²) >= 11 is 0. The van der Waals surface area contributed by atoms with Crippen molar-refractivity contribution in [3.05, 3.63) is 0 Å². The fourth-order valence-electron chi connectivity index (χ4n) is 0.694. The van der Waals surface area contributed by atoms with E-state index in [9.17, 15) is 4.57 Å². The van der Waals surface area contributed by atoms with Crippen molar-refractivity contribution in [2.45, 2.75) is 33.6 Å². The van der Waals surface area contributed by atoms with Gasteiger partial charge in [0.15, 0.2) is 0 Å². The Kier molecular flexibility index (Phi) is 4.42. The van der Waals surface area contributed by atoms with E-state index in [2.05, 4.69) is 4.52 Å². The van der Waals surface area contributed by atoms with Crippen LogP contribution in [0, 0.1) is 5.41 Å². The number of phosphoric ester groups is 1. The Morgan fingerprint density at radius 1 is 1.33 bits per heavy atom. The van der Waals surface area contributed by atoms with Crippen LogP contribution in [0.4, 0.5) is 0 Å². The summed E-state index contributed by atoms with van der Waals surface area (Å²) in [5.41, 5.74) is -0.124. The average molecular weight is 196 g/mol. The highest BCUT2D eigenvalue weighted by Gasteiger charge is 2.24. The molecule has 0 saturated heterocycles. The quantitative estimate of drug-likeness (QED) is 0.659. The number of phosphoric acid groups is 1. The fourth-order valence-corrected chi connectivity index (χ4v) is 1.17. The van der Waals surface area contributed by atoms with Gasteiger partial charge in [-0.25, -0.2) is 4.57 Å². The molecule has 0 aliphatic heterocycles. The highest BCUT2D eigenvalue weighted by atomic mass is 31.2. The molecule has 0 rings (SSSR count). The van der Waals surface area contributed by atoms with Gasteiger partial charge >= 0.3 is 7.82 Å². The summed E-state index contributed by atoms with van der Waals surface area (Å²) in [5.74, 6) is 0. The highest BCUT2D eigenvalue weighted by molar-refractivity contribution is 7.46. The Labute approximate surface area is 73.2 Å². The molecule has 0 spiro atoms. The third kappa shape index (κ3) is 4.88. The predicted molar refractivity (Wildman–Crippen MR) is 46.7 cm³/mol. The first-order valence-electron chi connectivity index (χ1n) is 4.03.